The van der Waals surface area contributed by atoms with E-state index in [2.05, 4.69) is 0 Å². The highest BCUT2D eigenvalue weighted by atomic mass is 35.5. The van der Waals surface area contributed by atoms with Crippen LogP contribution in [0.2, 0.25) is 5.02 Å². The normalized spacial score (nSPS) is 12.2. The molecule has 0 heterocycles. The van der Waals surface area contributed by atoms with Crippen LogP contribution >= 0.6 is 23.2 Å². The molecule has 19 heavy (non-hydrogen) atoms. The molecule has 2 rings (SSSR count). The highest BCUT2D eigenvalue weighted by molar-refractivity contribution is 6.31. The fraction of sp³-hybridized carbons (Fsp3) is 0.250. The van der Waals surface area contributed by atoms with Crippen LogP contribution in [0.25, 0.3) is 0 Å². The van der Waals surface area contributed by atoms with E-state index in [1.54, 1.807) is 7.11 Å². The summed E-state index contributed by atoms with van der Waals surface area (Å²) in [7, 11) is 1.66. The van der Waals surface area contributed by atoms with Gasteiger partial charge in [0.25, 0.3) is 0 Å². The van der Waals surface area contributed by atoms with Crippen LogP contribution < -0.4 is 4.74 Å². The minimum absolute atomic E-state index is 0.0773. The lowest BCUT2D eigenvalue weighted by Gasteiger charge is -2.11. The Hall–Kier alpha value is -1.18. The molecule has 100 valence electrons. The highest BCUT2D eigenvalue weighted by Gasteiger charge is 2.10. The summed E-state index contributed by atoms with van der Waals surface area (Å²) in [6.07, 6.45) is 0.769. The number of halogens is 2. The average molecular weight is 295 g/mol. The van der Waals surface area contributed by atoms with Crippen LogP contribution in [0.1, 0.15) is 22.1 Å². The second-order valence-corrected chi connectivity index (χ2v) is 5.46. The third kappa shape index (κ3) is 3.65. The van der Waals surface area contributed by atoms with Gasteiger partial charge in [-0.15, -0.1) is 11.6 Å². The van der Waals surface area contributed by atoms with E-state index < -0.39 is 0 Å². The number of ether oxygens (including phenoxy) is 1. The van der Waals surface area contributed by atoms with Gasteiger partial charge < -0.3 is 4.74 Å². The van der Waals surface area contributed by atoms with Crippen LogP contribution in [-0.4, -0.2) is 7.11 Å². The maximum atomic E-state index is 6.45. The lowest BCUT2D eigenvalue weighted by atomic mass is 10.0. The van der Waals surface area contributed by atoms with Crippen molar-refractivity contribution in [2.24, 2.45) is 0 Å². The van der Waals surface area contributed by atoms with Gasteiger partial charge in [0, 0.05) is 5.02 Å². The van der Waals surface area contributed by atoms with E-state index in [4.69, 9.17) is 27.9 Å². The molecule has 0 aromatic heterocycles. The Balaban J connectivity index is 2.10. The van der Waals surface area contributed by atoms with Gasteiger partial charge in [0.05, 0.1) is 12.5 Å². The maximum absolute atomic E-state index is 6.45. The summed E-state index contributed by atoms with van der Waals surface area (Å²) in [5.74, 6) is 0.855. The average Bonchev–Trinajstić information content (AvgIpc) is 2.42. The summed E-state index contributed by atoms with van der Waals surface area (Å²) >= 11 is 12.6. The van der Waals surface area contributed by atoms with Gasteiger partial charge in [-0.1, -0.05) is 35.9 Å². The van der Waals surface area contributed by atoms with Crippen molar-refractivity contribution in [1.29, 1.82) is 0 Å². The molecule has 0 radical (unpaired) electrons. The Morgan fingerprint density at radius 1 is 1.11 bits per heavy atom. The second kappa shape index (κ2) is 6.31. The Bertz CT molecular complexity index is 549. The first-order valence-corrected chi connectivity index (χ1v) is 6.94. The second-order valence-electron chi connectivity index (χ2n) is 4.53. The number of rotatable bonds is 4. The quantitative estimate of drug-likeness (QED) is 0.706. The third-order valence-corrected chi connectivity index (χ3v) is 3.95. The predicted molar refractivity (Wildman–Crippen MR) is 81.5 cm³/mol. The number of hydrogen-bond donors (Lipinski definition) is 0. The van der Waals surface area contributed by atoms with Crippen molar-refractivity contribution in [1.82, 2.24) is 0 Å². The Kier molecular flexibility index (Phi) is 4.73. The molecule has 0 aliphatic carbocycles. The first-order chi connectivity index (χ1) is 9.10. The van der Waals surface area contributed by atoms with Crippen LogP contribution in [0, 0.1) is 6.92 Å². The fourth-order valence-electron chi connectivity index (χ4n) is 1.89. The van der Waals surface area contributed by atoms with Gasteiger partial charge in [-0.05, 0) is 48.2 Å². The predicted octanol–water partition coefficient (Wildman–Crippen LogP) is 5.18. The van der Waals surface area contributed by atoms with Gasteiger partial charge in [0.2, 0.25) is 0 Å². The standard InChI is InChI=1S/C16H16Cl2O/c1-11-3-6-13(10-15(11)17)16(18)9-12-4-7-14(19-2)8-5-12/h3-8,10,16H,9H2,1-2H3. The van der Waals surface area contributed by atoms with E-state index in [0.29, 0.717) is 0 Å². The smallest absolute Gasteiger partial charge is 0.118 e. The molecule has 0 spiro atoms. The molecule has 3 heteroatoms. The molecule has 0 aliphatic heterocycles. The Morgan fingerprint density at radius 2 is 1.79 bits per heavy atom. The summed E-state index contributed by atoms with van der Waals surface area (Å²) in [6.45, 7) is 1.98. The molecule has 0 saturated carbocycles. The maximum Gasteiger partial charge on any atom is 0.118 e. The van der Waals surface area contributed by atoms with Crippen molar-refractivity contribution in [2.45, 2.75) is 18.7 Å². The molecule has 0 N–H and O–H groups in total. The van der Waals surface area contributed by atoms with Gasteiger partial charge in [0.1, 0.15) is 5.75 Å². The molecule has 0 amide bonds. The number of aryl methyl sites for hydroxylation is 1. The summed E-state index contributed by atoms with van der Waals surface area (Å²) in [6, 6.07) is 13.9. The first-order valence-electron chi connectivity index (χ1n) is 6.13. The van der Waals surface area contributed by atoms with Gasteiger partial charge in [-0.3, -0.25) is 0 Å². The highest BCUT2D eigenvalue weighted by Crippen LogP contribution is 2.29. The number of methoxy groups -OCH3 is 1. The molecular formula is C16H16Cl2O. The van der Waals surface area contributed by atoms with E-state index >= 15 is 0 Å². The van der Waals surface area contributed by atoms with Crippen molar-refractivity contribution >= 4 is 23.2 Å². The lowest BCUT2D eigenvalue weighted by Crippen LogP contribution is -1.96. The van der Waals surface area contributed by atoms with Crippen molar-refractivity contribution in [3.63, 3.8) is 0 Å². The van der Waals surface area contributed by atoms with Crippen LogP contribution in [0.3, 0.4) is 0 Å². The minimum atomic E-state index is -0.0773. The van der Waals surface area contributed by atoms with Gasteiger partial charge in [-0.25, -0.2) is 0 Å². The van der Waals surface area contributed by atoms with Crippen LogP contribution in [0.15, 0.2) is 42.5 Å². The number of benzene rings is 2. The summed E-state index contributed by atoms with van der Waals surface area (Å²) < 4.78 is 5.14. The molecule has 2 aromatic rings. The van der Waals surface area contributed by atoms with Crippen LogP contribution in [-0.2, 0) is 6.42 Å². The van der Waals surface area contributed by atoms with Gasteiger partial charge >= 0.3 is 0 Å². The molecular weight excluding hydrogens is 279 g/mol. The lowest BCUT2D eigenvalue weighted by molar-refractivity contribution is 0.414. The SMILES string of the molecule is COc1ccc(CC(Cl)c2ccc(C)c(Cl)c2)cc1. The molecule has 0 fully saturated rings. The van der Waals surface area contributed by atoms with Gasteiger partial charge in [-0.2, -0.15) is 0 Å². The Morgan fingerprint density at radius 3 is 2.37 bits per heavy atom. The first kappa shape index (κ1) is 14.2. The van der Waals surface area contributed by atoms with E-state index in [9.17, 15) is 0 Å². The van der Waals surface area contributed by atoms with E-state index in [-0.39, 0.29) is 5.38 Å². The summed E-state index contributed by atoms with van der Waals surface area (Å²) in [5.41, 5.74) is 3.30. The van der Waals surface area contributed by atoms with Gasteiger partial charge in [0.15, 0.2) is 0 Å². The van der Waals surface area contributed by atoms with Crippen LogP contribution in [0.4, 0.5) is 0 Å². The van der Waals surface area contributed by atoms with E-state index in [1.807, 2.05) is 49.4 Å². The molecule has 2 aromatic carbocycles. The molecule has 0 bridgehead atoms. The van der Waals surface area contributed by atoms with E-state index in [0.717, 1.165) is 28.3 Å². The number of hydrogen-bond acceptors (Lipinski definition) is 1. The molecule has 1 unspecified atom stereocenters. The third-order valence-electron chi connectivity index (χ3n) is 3.13. The summed E-state index contributed by atoms with van der Waals surface area (Å²) in [4.78, 5) is 0. The van der Waals surface area contributed by atoms with E-state index in [1.165, 1.54) is 5.56 Å². The zero-order valence-electron chi connectivity index (χ0n) is 11.0. The van der Waals surface area contributed by atoms with Crippen molar-refractivity contribution in [3.05, 3.63) is 64.2 Å². The largest absolute Gasteiger partial charge is 0.497 e. The van der Waals surface area contributed by atoms with Crippen molar-refractivity contribution in [3.8, 4) is 5.75 Å². The number of alkyl halides is 1. The minimum Gasteiger partial charge on any atom is -0.497 e. The molecule has 1 nitrogen and oxygen atoms in total. The van der Waals surface area contributed by atoms with Crippen LogP contribution in [0.5, 0.6) is 5.75 Å². The molecule has 0 aliphatic rings. The summed E-state index contributed by atoms with van der Waals surface area (Å²) in [5, 5.41) is 0.685. The fourth-order valence-corrected chi connectivity index (χ4v) is 2.39. The van der Waals surface area contributed by atoms with Crippen molar-refractivity contribution < 1.29 is 4.74 Å². The van der Waals surface area contributed by atoms with Crippen molar-refractivity contribution in [2.75, 3.05) is 7.11 Å². The zero-order chi connectivity index (χ0) is 13.8. The topological polar surface area (TPSA) is 9.23 Å². The molecule has 0 saturated heterocycles. The Labute approximate surface area is 124 Å². The molecule has 1 atom stereocenters. The zero-order valence-corrected chi connectivity index (χ0v) is 12.5. The monoisotopic (exact) mass is 294 g/mol.